The van der Waals surface area contributed by atoms with Crippen molar-refractivity contribution in [3.05, 3.63) is 88.5 Å². The summed E-state index contributed by atoms with van der Waals surface area (Å²) >= 11 is 0. The lowest BCUT2D eigenvalue weighted by Crippen LogP contribution is -2.23. The molecule has 0 saturated heterocycles. The molecule has 0 fully saturated rings. The average Bonchev–Trinajstić information content (AvgIpc) is 2.70. The molecule has 0 spiro atoms. The van der Waals surface area contributed by atoms with E-state index in [1.165, 1.54) is 4.57 Å². The number of aromatic nitrogens is 3. The van der Waals surface area contributed by atoms with Gasteiger partial charge >= 0.3 is 0 Å². The minimum Gasteiger partial charge on any atom is -0.324 e. The van der Waals surface area contributed by atoms with Gasteiger partial charge in [-0.05, 0) is 48.9 Å². The summed E-state index contributed by atoms with van der Waals surface area (Å²) in [5, 5.41) is 12.8. The highest BCUT2D eigenvalue weighted by molar-refractivity contribution is 5.81. The summed E-state index contributed by atoms with van der Waals surface area (Å²) < 4.78 is 1.53. The molecule has 6 heteroatoms. The predicted molar refractivity (Wildman–Crippen MR) is 104 cm³/mol. The zero-order chi connectivity index (χ0) is 18.8. The largest absolute Gasteiger partial charge is 0.324 e. The summed E-state index contributed by atoms with van der Waals surface area (Å²) in [6.45, 7) is 1.94. The number of rotatable bonds is 3. The molecule has 2 aromatic heterocycles. The van der Waals surface area contributed by atoms with Gasteiger partial charge in [0.05, 0.1) is 40.1 Å². The van der Waals surface area contributed by atoms with Crippen LogP contribution in [0.15, 0.2) is 71.8 Å². The maximum absolute atomic E-state index is 13.3. The van der Waals surface area contributed by atoms with Gasteiger partial charge < -0.3 is 5.32 Å². The van der Waals surface area contributed by atoms with E-state index in [2.05, 4.69) is 21.4 Å². The van der Waals surface area contributed by atoms with E-state index < -0.39 is 0 Å². The minimum absolute atomic E-state index is 0.238. The normalized spacial score (nSPS) is 10.5. The molecular formula is C21H15N5O. The third-order valence-electron chi connectivity index (χ3n) is 4.27. The van der Waals surface area contributed by atoms with Gasteiger partial charge in [-0.1, -0.05) is 18.2 Å². The number of pyridine rings is 1. The standard InChI is InChI=1S/C21H15N5O/c1-14-5-2-3-7-19(14)26-20(27)17-11-15(12-22)8-9-18(17)25-21(26)24-16-6-4-10-23-13-16/h2-11,13H,1H3,(H,24,25). The van der Waals surface area contributed by atoms with Gasteiger partial charge in [0.1, 0.15) is 0 Å². The Kier molecular flexibility index (Phi) is 4.11. The number of hydrogen-bond acceptors (Lipinski definition) is 5. The van der Waals surface area contributed by atoms with E-state index in [0.29, 0.717) is 22.4 Å². The van der Waals surface area contributed by atoms with Crippen LogP contribution in [-0.2, 0) is 0 Å². The van der Waals surface area contributed by atoms with Crippen LogP contribution in [0.25, 0.3) is 16.6 Å². The van der Waals surface area contributed by atoms with Gasteiger partial charge in [0, 0.05) is 6.20 Å². The number of hydrogen-bond donors (Lipinski definition) is 1. The molecule has 0 radical (unpaired) electrons. The number of benzene rings is 2. The Morgan fingerprint density at radius 1 is 1.11 bits per heavy atom. The zero-order valence-electron chi connectivity index (χ0n) is 14.5. The maximum Gasteiger partial charge on any atom is 0.267 e. The van der Waals surface area contributed by atoms with E-state index in [-0.39, 0.29) is 5.56 Å². The SMILES string of the molecule is Cc1ccccc1-n1c(Nc2cccnc2)nc2ccc(C#N)cc2c1=O. The number of anilines is 2. The molecule has 130 valence electrons. The van der Waals surface area contributed by atoms with Crippen molar-refractivity contribution in [3.8, 4) is 11.8 Å². The van der Waals surface area contributed by atoms with Gasteiger partial charge in [-0.3, -0.25) is 9.78 Å². The Morgan fingerprint density at radius 2 is 1.96 bits per heavy atom. The summed E-state index contributed by atoms with van der Waals surface area (Å²) in [4.78, 5) is 22.1. The van der Waals surface area contributed by atoms with Crippen molar-refractivity contribution in [1.82, 2.24) is 14.5 Å². The van der Waals surface area contributed by atoms with E-state index in [1.807, 2.05) is 37.3 Å². The topological polar surface area (TPSA) is 83.6 Å². The van der Waals surface area contributed by atoms with E-state index in [0.717, 1.165) is 16.9 Å². The van der Waals surface area contributed by atoms with Gasteiger partial charge in [0.2, 0.25) is 5.95 Å². The second kappa shape index (κ2) is 6.73. The van der Waals surface area contributed by atoms with Gasteiger partial charge in [0.25, 0.3) is 5.56 Å². The van der Waals surface area contributed by atoms with Crippen molar-refractivity contribution < 1.29 is 0 Å². The molecule has 1 N–H and O–H groups in total. The van der Waals surface area contributed by atoms with Gasteiger partial charge in [-0.25, -0.2) is 9.55 Å². The number of para-hydroxylation sites is 1. The van der Waals surface area contributed by atoms with Crippen molar-refractivity contribution in [3.63, 3.8) is 0 Å². The Hall–Kier alpha value is -3.98. The second-order valence-electron chi connectivity index (χ2n) is 6.07. The molecule has 0 aliphatic rings. The Bertz CT molecular complexity index is 1240. The van der Waals surface area contributed by atoms with Crippen LogP contribution in [0.2, 0.25) is 0 Å². The van der Waals surface area contributed by atoms with Crippen molar-refractivity contribution in [1.29, 1.82) is 5.26 Å². The van der Waals surface area contributed by atoms with Crippen LogP contribution in [0.4, 0.5) is 11.6 Å². The molecule has 2 aromatic carbocycles. The van der Waals surface area contributed by atoms with Crippen molar-refractivity contribution in [2.75, 3.05) is 5.32 Å². The van der Waals surface area contributed by atoms with Crippen molar-refractivity contribution in [2.24, 2.45) is 0 Å². The molecule has 0 amide bonds. The fourth-order valence-electron chi connectivity index (χ4n) is 2.94. The molecule has 2 heterocycles. The van der Waals surface area contributed by atoms with Crippen molar-refractivity contribution in [2.45, 2.75) is 6.92 Å². The fraction of sp³-hybridized carbons (Fsp3) is 0.0476. The molecule has 4 aromatic rings. The summed E-state index contributed by atoms with van der Waals surface area (Å²) in [5.41, 5.74) is 3.09. The average molecular weight is 353 g/mol. The number of aryl methyl sites for hydroxylation is 1. The highest BCUT2D eigenvalue weighted by Gasteiger charge is 2.15. The first-order valence-corrected chi connectivity index (χ1v) is 8.37. The summed E-state index contributed by atoms with van der Waals surface area (Å²) in [6.07, 6.45) is 3.34. The lowest BCUT2D eigenvalue weighted by molar-refractivity contribution is 0.963. The number of fused-ring (bicyclic) bond motifs is 1. The van der Waals surface area contributed by atoms with E-state index in [1.54, 1.807) is 36.7 Å². The molecular weight excluding hydrogens is 338 g/mol. The summed E-state index contributed by atoms with van der Waals surface area (Å²) in [7, 11) is 0. The molecule has 27 heavy (non-hydrogen) atoms. The first kappa shape index (κ1) is 16.5. The second-order valence-corrected chi connectivity index (χ2v) is 6.07. The number of nitriles is 1. The third kappa shape index (κ3) is 3.02. The van der Waals surface area contributed by atoms with E-state index in [4.69, 9.17) is 5.26 Å². The molecule has 0 bridgehead atoms. The highest BCUT2D eigenvalue weighted by atomic mass is 16.1. The molecule has 0 atom stereocenters. The number of nitrogens with zero attached hydrogens (tertiary/aromatic N) is 4. The molecule has 0 aliphatic carbocycles. The first-order valence-electron chi connectivity index (χ1n) is 8.37. The first-order chi connectivity index (χ1) is 13.2. The van der Waals surface area contributed by atoms with Crippen LogP contribution < -0.4 is 10.9 Å². The van der Waals surface area contributed by atoms with Crippen LogP contribution in [-0.4, -0.2) is 14.5 Å². The maximum atomic E-state index is 13.3. The smallest absolute Gasteiger partial charge is 0.267 e. The Morgan fingerprint density at radius 3 is 2.70 bits per heavy atom. The monoisotopic (exact) mass is 353 g/mol. The van der Waals surface area contributed by atoms with Crippen molar-refractivity contribution >= 4 is 22.5 Å². The molecule has 0 unspecified atom stereocenters. The van der Waals surface area contributed by atoms with E-state index >= 15 is 0 Å². The van der Waals surface area contributed by atoms with Crippen LogP contribution in [0.5, 0.6) is 0 Å². The lowest BCUT2D eigenvalue weighted by Gasteiger charge is -2.16. The Balaban J connectivity index is 2.03. The fourth-order valence-corrected chi connectivity index (χ4v) is 2.94. The quantitative estimate of drug-likeness (QED) is 0.607. The van der Waals surface area contributed by atoms with Crippen LogP contribution in [0, 0.1) is 18.3 Å². The minimum atomic E-state index is -0.238. The van der Waals surface area contributed by atoms with Crippen LogP contribution in [0.3, 0.4) is 0 Å². The zero-order valence-corrected chi connectivity index (χ0v) is 14.5. The Labute approximate surface area is 155 Å². The van der Waals surface area contributed by atoms with Gasteiger partial charge in [0.15, 0.2) is 0 Å². The molecule has 4 rings (SSSR count). The molecule has 0 saturated carbocycles. The van der Waals surface area contributed by atoms with Crippen LogP contribution in [0.1, 0.15) is 11.1 Å². The third-order valence-corrected chi connectivity index (χ3v) is 4.27. The number of nitrogens with one attached hydrogen (secondary N) is 1. The summed E-state index contributed by atoms with van der Waals surface area (Å²) in [6, 6.07) is 18.2. The van der Waals surface area contributed by atoms with E-state index in [9.17, 15) is 4.79 Å². The summed E-state index contributed by atoms with van der Waals surface area (Å²) in [5.74, 6) is 0.388. The van der Waals surface area contributed by atoms with Gasteiger partial charge in [-0.15, -0.1) is 0 Å². The highest BCUT2D eigenvalue weighted by Crippen LogP contribution is 2.22. The molecule has 0 aliphatic heterocycles. The predicted octanol–water partition coefficient (Wildman–Crippen LogP) is 3.70. The molecule has 6 nitrogen and oxygen atoms in total. The lowest BCUT2D eigenvalue weighted by atomic mass is 10.1. The van der Waals surface area contributed by atoms with Gasteiger partial charge in [-0.2, -0.15) is 5.26 Å². The van der Waals surface area contributed by atoms with Crippen LogP contribution >= 0.6 is 0 Å².